The summed E-state index contributed by atoms with van der Waals surface area (Å²) in [4.78, 5) is 17.5. The second-order valence-corrected chi connectivity index (χ2v) is 5.01. The number of nitrogens with zero attached hydrogens (tertiary/aromatic N) is 2. The van der Waals surface area contributed by atoms with Crippen molar-refractivity contribution in [1.29, 1.82) is 0 Å². The molecule has 0 bridgehead atoms. The van der Waals surface area contributed by atoms with Gasteiger partial charge in [0.15, 0.2) is 5.38 Å². The highest BCUT2D eigenvalue weighted by atomic mass is 35.5. The van der Waals surface area contributed by atoms with Gasteiger partial charge in [-0.05, 0) is 13.8 Å². The molecule has 0 aliphatic carbocycles. The lowest BCUT2D eigenvalue weighted by Crippen LogP contribution is -2.33. The second kappa shape index (κ2) is 5.68. The van der Waals surface area contributed by atoms with Crippen LogP contribution in [-0.4, -0.2) is 28.9 Å². The third kappa shape index (κ3) is 3.06. The Kier molecular flexibility index (Phi) is 4.83. The molecule has 1 aromatic rings. The summed E-state index contributed by atoms with van der Waals surface area (Å²) >= 11 is 13.0. The lowest BCUT2D eigenvalue weighted by molar-refractivity contribution is -0.130. The van der Waals surface area contributed by atoms with E-state index in [9.17, 15) is 4.79 Å². The van der Waals surface area contributed by atoms with E-state index in [1.54, 1.807) is 4.90 Å². The Morgan fingerprint density at radius 3 is 2.60 bits per heavy atom. The first-order valence-electron chi connectivity index (χ1n) is 4.64. The second-order valence-electron chi connectivity index (χ2n) is 2.88. The van der Waals surface area contributed by atoms with E-state index in [0.717, 1.165) is 0 Å². The van der Waals surface area contributed by atoms with Crippen molar-refractivity contribution in [3.63, 3.8) is 0 Å². The molecular formula is C9H12Cl2N2OS. The van der Waals surface area contributed by atoms with Gasteiger partial charge in [-0.15, -0.1) is 22.9 Å². The molecule has 1 rings (SSSR count). The van der Waals surface area contributed by atoms with Crippen LogP contribution in [0.1, 0.15) is 24.2 Å². The first-order chi connectivity index (χ1) is 7.10. The van der Waals surface area contributed by atoms with Crippen LogP contribution >= 0.6 is 34.5 Å². The van der Waals surface area contributed by atoms with Crippen LogP contribution in [0, 0.1) is 0 Å². The molecule has 0 saturated carbocycles. The van der Waals surface area contributed by atoms with Crippen LogP contribution in [0.2, 0.25) is 4.34 Å². The number of carbonyl (C=O) groups excluding carboxylic acids is 1. The number of thiazole rings is 1. The SMILES string of the molecule is CCN(CC)C(=O)C(Cl)c1ncc(Cl)s1. The maximum absolute atomic E-state index is 11.8. The molecule has 1 aromatic heterocycles. The predicted octanol–water partition coefficient (Wildman–Crippen LogP) is 2.94. The highest BCUT2D eigenvalue weighted by Crippen LogP contribution is 2.29. The van der Waals surface area contributed by atoms with Gasteiger partial charge in [-0.1, -0.05) is 11.6 Å². The molecule has 15 heavy (non-hydrogen) atoms. The number of aromatic nitrogens is 1. The molecule has 84 valence electrons. The van der Waals surface area contributed by atoms with E-state index in [-0.39, 0.29) is 5.91 Å². The van der Waals surface area contributed by atoms with Gasteiger partial charge in [0.1, 0.15) is 9.34 Å². The molecule has 1 atom stereocenters. The summed E-state index contributed by atoms with van der Waals surface area (Å²) < 4.78 is 0.544. The summed E-state index contributed by atoms with van der Waals surface area (Å²) in [5.41, 5.74) is 0. The molecule has 1 unspecified atom stereocenters. The predicted molar refractivity (Wildman–Crippen MR) is 63.6 cm³/mol. The molecule has 0 fully saturated rings. The van der Waals surface area contributed by atoms with Crippen molar-refractivity contribution >= 4 is 40.4 Å². The molecule has 0 radical (unpaired) electrons. The van der Waals surface area contributed by atoms with Crippen molar-refractivity contribution in [3.8, 4) is 0 Å². The fraction of sp³-hybridized carbons (Fsp3) is 0.556. The number of amides is 1. The standard InChI is InChI=1S/C9H12Cl2N2OS/c1-3-13(4-2)9(14)7(11)8-12-5-6(10)15-8/h5,7H,3-4H2,1-2H3. The number of hydrogen-bond donors (Lipinski definition) is 0. The van der Waals surface area contributed by atoms with Crippen LogP contribution in [-0.2, 0) is 4.79 Å². The minimum atomic E-state index is -0.720. The number of likely N-dealkylation sites (N-methyl/N-ethyl adjacent to an activating group) is 1. The van der Waals surface area contributed by atoms with E-state index in [0.29, 0.717) is 22.4 Å². The average Bonchev–Trinajstić information content (AvgIpc) is 2.65. The number of alkyl halides is 1. The molecule has 1 heterocycles. The van der Waals surface area contributed by atoms with Gasteiger partial charge >= 0.3 is 0 Å². The smallest absolute Gasteiger partial charge is 0.247 e. The Hall–Kier alpha value is -0.320. The number of carbonyl (C=O) groups is 1. The molecule has 0 aliphatic rings. The van der Waals surface area contributed by atoms with E-state index in [2.05, 4.69) is 4.98 Å². The van der Waals surface area contributed by atoms with Crippen LogP contribution < -0.4 is 0 Å². The lowest BCUT2D eigenvalue weighted by Gasteiger charge is -2.20. The van der Waals surface area contributed by atoms with Gasteiger partial charge in [-0.2, -0.15) is 0 Å². The minimum absolute atomic E-state index is 0.118. The number of halogens is 2. The van der Waals surface area contributed by atoms with Crippen LogP contribution in [0.25, 0.3) is 0 Å². The average molecular weight is 267 g/mol. The van der Waals surface area contributed by atoms with Crippen molar-refractivity contribution in [2.45, 2.75) is 19.2 Å². The van der Waals surface area contributed by atoms with E-state index in [4.69, 9.17) is 23.2 Å². The fourth-order valence-corrected chi connectivity index (χ4v) is 2.41. The van der Waals surface area contributed by atoms with Crippen molar-refractivity contribution in [3.05, 3.63) is 15.5 Å². The largest absolute Gasteiger partial charge is 0.342 e. The molecule has 0 aliphatic heterocycles. The number of rotatable bonds is 4. The first kappa shape index (κ1) is 12.7. The van der Waals surface area contributed by atoms with Gasteiger partial charge in [0.2, 0.25) is 5.91 Å². The van der Waals surface area contributed by atoms with Crippen molar-refractivity contribution < 1.29 is 4.79 Å². The highest BCUT2D eigenvalue weighted by molar-refractivity contribution is 7.16. The summed E-state index contributed by atoms with van der Waals surface area (Å²) in [7, 11) is 0. The molecule has 0 saturated heterocycles. The Morgan fingerprint density at radius 1 is 1.60 bits per heavy atom. The number of hydrogen-bond acceptors (Lipinski definition) is 3. The molecule has 0 N–H and O–H groups in total. The van der Waals surface area contributed by atoms with Gasteiger partial charge in [-0.3, -0.25) is 4.79 Å². The fourth-order valence-electron chi connectivity index (χ4n) is 1.19. The summed E-state index contributed by atoms with van der Waals surface area (Å²) in [5.74, 6) is -0.118. The summed E-state index contributed by atoms with van der Waals surface area (Å²) in [5, 5.41) is -0.166. The van der Waals surface area contributed by atoms with E-state index < -0.39 is 5.38 Å². The molecular weight excluding hydrogens is 255 g/mol. The highest BCUT2D eigenvalue weighted by Gasteiger charge is 2.24. The van der Waals surface area contributed by atoms with E-state index in [1.807, 2.05) is 13.8 Å². The maximum Gasteiger partial charge on any atom is 0.247 e. The molecule has 6 heteroatoms. The van der Waals surface area contributed by atoms with Gasteiger partial charge in [-0.25, -0.2) is 4.98 Å². The zero-order valence-electron chi connectivity index (χ0n) is 8.54. The molecule has 1 amide bonds. The van der Waals surface area contributed by atoms with Crippen molar-refractivity contribution in [2.75, 3.05) is 13.1 Å². The van der Waals surface area contributed by atoms with E-state index in [1.165, 1.54) is 17.5 Å². The zero-order valence-corrected chi connectivity index (χ0v) is 10.9. The molecule has 0 aromatic carbocycles. The Bertz CT molecular complexity index is 339. The summed E-state index contributed by atoms with van der Waals surface area (Å²) in [6, 6.07) is 0. The minimum Gasteiger partial charge on any atom is -0.342 e. The normalized spacial score (nSPS) is 12.5. The van der Waals surface area contributed by atoms with Gasteiger partial charge < -0.3 is 4.90 Å². The first-order valence-corrected chi connectivity index (χ1v) is 6.27. The van der Waals surface area contributed by atoms with Crippen molar-refractivity contribution in [2.24, 2.45) is 0 Å². The van der Waals surface area contributed by atoms with Crippen LogP contribution in [0.5, 0.6) is 0 Å². The van der Waals surface area contributed by atoms with Crippen LogP contribution in [0.4, 0.5) is 0 Å². The van der Waals surface area contributed by atoms with Crippen molar-refractivity contribution in [1.82, 2.24) is 9.88 Å². The summed E-state index contributed by atoms with van der Waals surface area (Å²) in [6.45, 7) is 5.13. The maximum atomic E-state index is 11.8. The Morgan fingerprint density at radius 2 is 2.20 bits per heavy atom. The quantitative estimate of drug-likeness (QED) is 0.786. The Balaban J connectivity index is 2.76. The zero-order chi connectivity index (χ0) is 11.4. The summed E-state index contributed by atoms with van der Waals surface area (Å²) in [6.07, 6.45) is 1.51. The van der Waals surface area contributed by atoms with Gasteiger partial charge in [0.25, 0.3) is 0 Å². The van der Waals surface area contributed by atoms with Crippen LogP contribution in [0.15, 0.2) is 6.20 Å². The monoisotopic (exact) mass is 266 g/mol. The van der Waals surface area contributed by atoms with Crippen LogP contribution in [0.3, 0.4) is 0 Å². The van der Waals surface area contributed by atoms with Gasteiger partial charge in [0.05, 0.1) is 6.20 Å². The third-order valence-electron chi connectivity index (χ3n) is 2.00. The molecule has 0 spiro atoms. The third-order valence-corrected chi connectivity index (χ3v) is 3.71. The molecule has 3 nitrogen and oxygen atoms in total. The topological polar surface area (TPSA) is 33.2 Å². The van der Waals surface area contributed by atoms with E-state index >= 15 is 0 Å². The Labute approximate surface area is 103 Å². The lowest BCUT2D eigenvalue weighted by atomic mass is 10.3. The van der Waals surface area contributed by atoms with Gasteiger partial charge in [0, 0.05) is 13.1 Å².